The summed E-state index contributed by atoms with van der Waals surface area (Å²) in [6.07, 6.45) is 1.65. The second kappa shape index (κ2) is 10.6. The maximum Gasteiger partial charge on any atom is 0.322 e. The molecule has 0 fully saturated rings. The van der Waals surface area contributed by atoms with Gasteiger partial charge in [-0.05, 0) is 19.2 Å². The van der Waals surface area contributed by atoms with Gasteiger partial charge in [-0.1, -0.05) is 11.6 Å². The number of aliphatic carboxylic acids is 2. The molecule has 0 saturated carbocycles. The Hall–Kier alpha value is -5.85. The number of hydrogen-bond donors (Lipinski definition) is 5. The van der Waals surface area contributed by atoms with E-state index in [1.165, 1.54) is 40.4 Å². The molecule has 0 bridgehead atoms. The third-order valence-corrected chi connectivity index (χ3v) is 8.51. The largest absolute Gasteiger partial charge is 0.504 e. The Morgan fingerprint density at radius 1 is 0.739 bits per heavy atom. The molecule has 5 aromatic carbocycles. The van der Waals surface area contributed by atoms with Crippen molar-refractivity contribution in [3.05, 3.63) is 49.3 Å². The van der Waals surface area contributed by atoms with Crippen LogP contribution in [0.15, 0.2) is 27.3 Å². The van der Waals surface area contributed by atoms with Crippen LogP contribution in [0, 0.1) is 0 Å². The molecule has 5 aromatic rings. The maximum absolute atomic E-state index is 14.0. The summed E-state index contributed by atoms with van der Waals surface area (Å²) < 4.78 is 17.1. The molecule has 236 valence electrons. The minimum Gasteiger partial charge on any atom is -0.504 e. The van der Waals surface area contributed by atoms with Gasteiger partial charge in [-0.15, -0.1) is 0 Å². The highest BCUT2D eigenvalue weighted by Crippen LogP contribution is 2.58. The monoisotopic (exact) mass is 628 g/mol. The van der Waals surface area contributed by atoms with Gasteiger partial charge in [0.1, 0.15) is 30.4 Å². The molecule has 5 N–H and O–H groups in total. The van der Waals surface area contributed by atoms with Crippen molar-refractivity contribution in [1.29, 1.82) is 0 Å². The number of benzene rings is 5. The van der Waals surface area contributed by atoms with E-state index in [1.807, 2.05) is 0 Å². The number of carbonyl (C=O) groups excluding carboxylic acids is 1. The first-order valence-corrected chi connectivity index (χ1v) is 14.0. The number of carboxylic acid groups (broad SMARTS) is 2. The molecule has 6 rings (SSSR count). The fraction of sp³-hybridized carbons (Fsp3) is 0.242. The van der Waals surface area contributed by atoms with Crippen molar-refractivity contribution in [3.63, 3.8) is 0 Å². The van der Waals surface area contributed by atoms with Crippen LogP contribution in [-0.2, 0) is 14.4 Å². The zero-order valence-corrected chi connectivity index (χ0v) is 25.3. The van der Waals surface area contributed by atoms with Gasteiger partial charge in [0, 0.05) is 50.2 Å². The zero-order valence-electron chi connectivity index (χ0n) is 25.3. The SMILES string of the molecule is COc1c(O)c2c(=O)cc(OC)c3c4c(OC)cc(=O)c5c(NCC(=O)O)c(NCC(=O)O)c6c(c(c1C(C(C)=O)C(C)=C6)c23)c54. The van der Waals surface area contributed by atoms with Crippen molar-refractivity contribution in [2.75, 3.05) is 45.1 Å². The van der Waals surface area contributed by atoms with Gasteiger partial charge >= 0.3 is 11.9 Å². The van der Waals surface area contributed by atoms with Gasteiger partial charge in [0.15, 0.2) is 22.4 Å². The number of hydrogen-bond acceptors (Lipinski definition) is 11. The Morgan fingerprint density at radius 3 is 1.76 bits per heavy atom. The normalized spacial score (nSPS) is 14.1. The van der Waals surface area contributed by atoms with Crippen LogP contribution in [0.1, 0.15) is 30.9 Å². The molecule has 0 spiro atoms. The number of methoxy groups -OCH3 is 3. The molecule has 13 heteroatoms. The number of carbonyl (C=O) groups is 3. The lowest BCUT2D eigenvalue weighted by atomic mass is 9.80. The van der Waals surface area contributed by atoms with Crippen molar-refractivity contribution in [3.8, 4) is 23.0 Å². The van der Waals surface area contributed by atoms with Crippen LogP contribution in [-0.4, -0.2) is 67.5 Å². The molecular formula is C33H28N2O11. The van der Waals surface area contributed by atoms with Crippen molar-refractivity contribution >= 4 is 78.3 Å². The van der Waals surface area contributed by atoms with Gasteiger partial charge < -0.3 is 40.2 Å². The highest BCUT2D eigenvalue weighted by atomic mass is 16.5. The van der Waals surface area contributed by atoms with Gasteiger partial charge in [0.25, 0.3) is 0 Å². The minimum absolute atomic E-state index is 0.000983. The first-order chi connectivity index (χ1) is 21.9. The van der Waals surface area contributed by atoms with Crippen LogP contribution in [0.3, 0.4) is 0 Å². The Morgan fingerprint density at radius 2 is 1.26 bits per heavy atom. The fourth-order valence-electron chi connectivity index (χ4n) is 6.98. The lowest BCUT2D eigenvalue weighted by Gasteiger charge is -2.26. The van der Waals surface area contributed by atoms with E-state index in [-0.39, 0.29) is 61.5 Å². The summed E-state index contributed by atoms with van der Waals surface area (Å²) in [5, 5.41) is 38.1. The first-order valence-electron chi connectivity index (χ1n) is 14.0. The predicted octanol–water partition coefficient (Wildman–Crippen LogP) is 3.71. The number of nitrogens with one attached hydrogen (secondary N) is 2. The maximum atomic E-state index is 14.0. The molecule has 0 radical (unpaired) electrons. The highest BCUT2D eigenvalue weighted by molar-refractivity contribution is 6.40. The number of allylic oxidation sites excluding steroid dienone is 1. The number of carboxylic acids is 2. The average Bonchev–Trinajstić information content (AvgIpc) is 3.13. The molecule has 1 atom stereocenters. The van der Waals surface area contributed by atoms with E-state index in [0.717, 1.165) is 0 Å². The Bertz CT molecular complexity index is 2330. The number of anilines is 2. The molecule has 0 heterocycles. The molecule has 0 saturated heterocycles. The van der Waals surface area contributed by atoms with Crippen molar-refractivity contribution in [2.45, 2.75) is 19.8 Å². The zero-order chi connectivity index (χ0) is 33.4. The molecule has 1 unspecified atom stereocenters. The van der Waals surface area contributed by atoms with Crippen molar-refractivity contribution in [2.24, 2.45) is 0 Å². The van der Waals surface area contributed by atoms with Crippen LogP contribution >= 0.6 is 0 Å². The van der Waals surface area contributed by atoms with E-state index < -0.39 is 47.6 Å². The van der Waals surface area contributed by atoms with E-state index in [2.05, 4.69) is 10.6 Å². The van der Waals surface area contributed by atoms with Gasteiger partial charge in [-0.2, -0.15) is 0 Å². The summed E-state index contributed by atoms with van der Waals surface area (Å²) in [5.74, 6) is -4.24. The fourth-order valence-corrected chi connectivity index (χ4v) is 6.98. The number of rotatable bonds is 10. The number of ether oxygens (including phenoxy) is 3. The van der Waals surface area contributed by atoms with Gasteiger partial charge in [0.05, 0.1) is 49.4 Å². The van der Waals surface area contributed by atoms with Crippen molar-refractivity contribution in [1.82, 2.24) is 0 Å². The summed E-state index contributed by atoms with van der Waals surface area (Å²) in [4.78, 5) is 64.7. The van der Waals surface area contributed by atoms with Crippen molar-refractivity contribution < 1.29 is 43.9 Å². The molecule has 0 aliphatic heterocycles. The molecule has 0 aromatic heterocycles. The highest BCUT2D eigenvalue weighted by Gasteiger charge is 2.37. The molecule has 1 aliphatic carbocycles. The predicted molar refractivity (Wildman–Crippen MR) is 172 cm³/mol. The van der Waals surface area contributed by atoms with Crippen LogP contribution in [0.2, 0.25) is 0 Å². The number of phenolic OH excluding ortho intramolecular Hbond substituents is 1. The molecule has 46 heavy (non-hydrogen) atoms. The summed E-state index contributed by atoms with van der Waals surface area (Å²) in [5.41, 5.74) is -0.0685. The number of ketones is 1. The first kappa shape index (κ1) is 30.2. The van der Waals surface area contributed by atoms with E-state index in [4.69, 9.17) is 14.2 Å². The third-order valence-electron chi connectivity index (χ3n) is 8.51. The Kier molecular flexibility index (Phi) is 6.99. The second-order valence-corrected chi connectivity index (χ2v) is 11.0. The summed E-state index contributed by atoms with van der Waals surface area (Å²) in [6.45, 7) is 1.80. The number of aromatic hydroxyl groups is 1. The molecule has 0 amide bonds. The standard InChI is InChI=1S/C33H28N2O11/c1-11-6-13-21-26-22(31(35-10-19(41)42)30(13)34-9-18(39)40)14(37)7-16(44-3)24(26)25-17(45-4)8-15(38)23-28(25)27(21)29(20(11)12(2)36)33(46-5)32(23)43/h6-8,20,34-35,43H,9-10H2,1-5H3,(H,39,40)(H,41,42). The lowest BCUT2D eigenvalue weighted by Crippen LogP contribution is -2.20. The summed E-state index contributed by atoms with van der Waals surface area (Å²) in [7, 11) is 4.01. The van der Waals surface area contributed by atoms with Gasteiger partial charge in [-0.3, -0.25) is 24.0 Å². The van der Waals surface area contributed by atoms with Gasteiger partial charge in [-0.25, -0.2) is 0 Å². The van der Waals surface area contributed by atoms with Crippen LogP contribution in [0.5, 0.6) is 23.0 Å². The molecular weight excluding hydrogens is 600 g/mol. The quantitative estimate of drug-likeness (QED) is 0.111. The topological polar surface area (TPSA) is 198 Å². The van der Waals surface area contributed by atoms with E-state index in [1.54, 1.807) is 13.0 Å². The van der Waals surface area contributed by atoms with Crippen LogP contribution in [0.4, 0.5) is 11.4 Å². The van der Waals surface area contributed by atoms with E-state index in [0.29, 0.717) is 32.7 Å². The second-order valence-electron chi connectivity index (χ2n) is 11.0. The molecule has 13 nitrogen and oxygen atoms in total. The summed E-state index contributed by atoms with van der Waals surface area (Å²) in [6, 6.07) is 2.40. The number of fused-ring (bicyclic) bond motifs is 1. The molecule has 1 aliphatic rings. The van der Waals surface area contributed by atoms with E-state index >= 15 is 0 Å². The van der Waals surface area contributed by atoms with Crippen LogP contribution < -0.4 is 35.7 Å². The third kappa shape index (κ3) is 4.04. The average molecular weight is 629 g/mol. The smallest absolute Gasteiger partial charge is 0.322 e. The summed E-state index contributed by atoms with van der Waals surface area (Å²) >= 11 is 0. The number of phenols is 1. The minimum atomic E-state index is -1.24. The Labute approximate surface area is 259 Å². The lowest BCUT2D eigenvalue weighted by molar-refractivity contribution is -0.136. The van der Waals surface area contributed by atoms with Gasteiger partial charge in [0.2, 0.25) is 0 Å². The number of Topliss-reactive ketones (excluding diaryl/α,β-unsaturated/α-hetero) is 1. The van der Waals surface area contributed by atoms with E-state index in [9.17, 15) is 39.3 Å². The Balaban J connectivity index is 2.11. The van der Waals surface area contributed by atoms with Crippen LogP contribution in [0.25, 0.3) is 49.2 Å².